The van der Waals surface area contributed by atoms with Crippen molar-refractivity contribution in [3.8, 4) is 0 Å². The Morgan fingerprint density at radius 2 is 1.88 bits per heavy atom. The van der Waals surface area contributed by atoms with Gasteiger partial charge in [-0.1, -0.05) is 11.6 Å². The lowest BCUT2D eigenvalue weighted by Crippen LogP contribution is -1.95. The minimum atomic E-state index is -0.485. The van der Waals surface area contributed by atoms with E-state index < -0.39 is 5.24 Å². The summed E-state index contributed by atoms with van der Waals surface area (Å²) in [6, 6.07) is 8.31. The van der Waals surface area contributed by atoms with E-state index in [0.717, 1.165) is 5.69 Å². The maximum absolute atomic E-state index is 10.9. The molecule has 0 aliphatic carbocycles. The molecule has 2 rings (SSSR count). The zero-order chi connectivity index (χ0) is 12.3. The van der Waals surface area contributed by atoms with Gasteiger partial charge in [0.1, 0.15) is 17.3 Å². The van der Waals surface area contributed by atoms with E-state index in [1.165, 1.54) is 6.33 Å². The lowest BCUT2D eigenvalue weighted by atomic mass is 10.2. The van der Waals surface area contributed by atoms with Crippen LogP contribution in [0.5, 0.6) is 0 Å². The second-order valence-corrected chi connectivity index (χ2v) is 3.93. The topological polar surface area (TPSA) is 54.9 Å². The summed E-state index contributed by atoms with van der Waals surface area (Å²) in [6.45, 7) is 0. The molecule has 1 aromatic heterocycles. The van der Waals surface area contributed by atoms with Crippen LogP contribution in [0.25, 0.3) is 0 Å². The minimum Gasteiger partial charge on any atom is -0.340 e. The monoisotopic (exact) mass is 267 g/mol. The number of benzene rings is 1. The first-order valence-electron chi connectivity index (χ1n) is 4.69. The molecule has 0 saturated heterocycles. The van der Waals surface area contributed by atoms with Crippen LogP contribution in [0, 0.1) is 0 Å². The standard InChI is InChI=1S/C11H7Cl2N3O/c12-9-5-10(15-6-14-9)16-8-3-1-7(2-4-8)11(13)17/h1-6H,(H,14,15,16). The molecule has 1 heterocycles. The molecule has 0 fully saturated rings. The molecular formula is C11H7Cl2N3O. The van der Waals surface area contributed by atoms with Gasteiger partial charge in [0, 0.05) is 17.3 Å². The Kier molecular flexibility index (Phi) is 3.56. The molecule has 6 heteroatoms. The van der Waals surface area contributed by atoms with Crippen molar-refractivity contribution in [2.45, 2.75) is 0 Å². The first-order valence-corrected chi connectivity index (χ1v) is 5.45. The summed E-state index contributed by atoms with van der Waals surface area (Å²) < 4.78 is 0. The number of nitrogens with zero attached hydrogens (tertiary/aromatic N) is 2. The van der Waals surface area contributed by atoms with Crippen LogP contribution in [0.3, 0.4) is 0 Å². The Balaban J connectivity index is 2.16. The van der Waals surface area contributed by atoms with E-state index >= 15 is 0 Å². The Morgan fingerprint density at radius 3 is 2.47 bits per heavy atom. The minimum absolute atomic E-state index is 0.357. The number of aromatic nitrogens is 2. The number of hydrogen-bond donors (Lipinski definition) is 1. The summed E-state index contributed by atoms with van der Waals surface area (Å²) in [5.74, 6) is 0.579. The van der Waals surface area contributed by atoms with Crippen LogP contribution in [0.1, 0.15) is 10.4 Å². The SMILES string of the molecule is O=C(Cl)c1ccc(Nc2cc(Cl)ncn2)cc1. The lowest BCUT2D eigenvalue weighted by Gasteiger charge is -2.05. The van der Waals surface area contributed by atoms with Gasteiger partial charge in [-0.05, 0) is 35.9 Å². The van der Waals surface area contributed by atoms with Gasteiger partial charge in [0.15, 0.2) is 0 Å². The molecule has 86 valence electrons. The van der Waals surface area contributed by atoms with Gasteiger partial charge in [-0.25, -0.2) is 9.97 Å². The van der Waals surface area contributed by atoms with Gasteiger partial charge in [0.25, 0.3) is 5.24 Å². The lowest BCUT2D eigenvalue weighted by molar-refractivity contribution is 0.108. The van der Waals surface area contributed by atoms with Gasteiger partial charge in [0.05, 0.1) is 0 Å². The van der Waals surface area contributed by atoms with Crippen molar-refractivity contribution in [1.82, 2.24) is 9.97 Å². The van der Waals surface area contributed by atoms with Crippen molar-refractivity contribution in [3.05, 3.63) is 47.4 Å². The van der Waals surface area contributed by atoms with E-state index in [2.05, 4.69) is 15.3 Å². The Morgan fingerprint density at radius 1 is 1.18 bits per heavy atom. The molecule has 0 bridgehead atoms. The van der Waals surface area contributed by atoms with Crippen molar-refractivity contribution >= 4 is 39.9 Å². The number of carbonyl (C=O) groups excluding carboxylic acids is 1. The quantitative estimate of drug-likeness (QED) is 0.685. The van der Waals surface area contributed by atoms with E-state index in [0.29, 0.717) is 16.5 Å². The maximum atomic E-state index is 10.9. The van der Waals surface area contributed by atoms with Crippen LogP contribution in [0.2, 0.25) is 5.15 Å². The van der Waals surface area contributed by atoms with Crippen molar-refractivity contribution in [2.75, 3.05) is 5.32 Å². The fourth-order valence-electron chi connectivity index (χ4n) is 1.23. The van der Waals surface area contributed by atoms with Crippen molar-refractivity contribution in [2.24, 2.45) is 0 Å². The van der Waals surface area contributed by atoms with Crippen molar-refractivity contribution in [1.29, 1.82) is 0 Å². The van der Waals surface area contributed by atoms with Crippen LogP contribution in [0.4, 0.5) is 11.5 Å². The van der Waals surface area contributed by atoms with Crippen LogP contribution in [-0.4, -0.2) is 15.2 Å². The van der Waals surface area contributed by atoms with Crippen LogP contribution < -0.4 is 5.32 Å². The number of halogens is 2. The number of rotatable bonds is 3. The highest BCUT2D eigenvalue weighted by molar-refractivity contribution is 6.67. The average molecular weight is 268 g/mol. The van der Waals surface area contributed by atoms with Gasteiger partial charge in [-0.2, -0.15) is 0 Å². The highest BCUT2D eigenvalue weighted by Crippen LogP contribution is 2.17. The average Bonchev–Trinajstić information content (AvgIpc) is 2.29. The smallest absolute Gasteiger partial charge is 0.252 e. The van der Waals surface area contributed by atoms with Gasteiger partial charge >= 0.3 is 0 Å². The summed E-state index contributed by atoms with van der Waals surface area (Å²) in [4.78, 5) is 18.6. The molecule has 17 heavy (non-hydrogen) atoms. The highest BCUT2D eigenvalue weighted by atomic mass is 35.5. The second-order valence-electron chi connectivity index (χ2n) is 3.20. The molecule has 0 unspecified atom stereocenters. The molecule has 0 aliphatic rings. The normalized spacial score (nSPS) is 10.0. The number of carbonyl (C=O) groups is 1. The van der Waals surface area contributed by atoms with Gasteiger partial charge in [0.2, 0.25) is 0 Å². The fraction of sp³-hybridized carbons (Fsp3) is 0. The van der Waals surface area contributed by atoms with Crippen molar-refractivity contribution < 1.29 is 4.79 Å². The molecule has 2 aromatic rings. The van der Waals surface area contributed by atoms with E-state index in [1.807, 2.05) is 0 Å². The molecule has 0 atom stereocenters. The third-order valence-electron chi connectivity index (χ3n) is 2.02. The first kappa shape index (κ1) is 11.8. The number of hydrogen-bond acceptors (Lipinski definition) is 4. The molecule has 0 aliphatic heterocycles. The van der Waals surface area contributed by atoms with E-state index in [1.54, 1.807) is 30.3 Å². The predicted molar refractivity (Wildman–Crippen MR) is 67.0 cm³/mol. The number of nitrogens with one attached hydrogen (secondary N) is 1. The summed E-state index contributed by atoms with van der Waals surface area (Å²) in [5.41, 5.74) is 1.22. The van der Waals surface area contributed by atoms with Gasteiger partial charge in [-0.15, -0.1) is 0 Å². The molecule has 4 nitrogen and oxygen atoms in total. The molecular weight excluding hydrogens is 261 g/mol. The van der Waals surface area contributed by atoms with Crippen LogP contribution in [-0.2, 0) is 0 Å². The highest BCUT2D eigenvalue weighted by Gasteiger charge is 2.02. The Labute approximate surface area is 108 Å². The van der Waals surface area contributed by atoms with Crippen LogP contribution >= 0.6 is 23.2 Å². The molecule has 0 radical (unpaired) electrons. The molecule has 0 saturated carbocycles. The van der Waals surface area contributed by atoms with E-state index in [-0.39, 0.29) is 0 Å². The third kappa shape index (κ3) is 3.15. The number of anilines is 2. The summed E-state index contributed by atoms with van der Waals surface area (Å²) in [6.07, 6.45) is 1.36. The summed E-state index contributed by atoms with van der Waals surface area (Å²) in [5, 5.41) is 2.89. The first-order chi connectivity index (χ1) is 8.15. The molecule has 1 N–H and O–H groups in total. The van der Waals surface area contributed by atoms with E-state index in [4.69, 9.17) is 23.2 Å². The predicted octanol–water partition coefficient (Wildman–Crippen LogP) is 3.25. The van der Waals surface area contributed by atoms with Gasteiger partial charge < -0.3 is 5.32 Å². The fourth-order valence-corrected chi connectivity index (χ4v) is 1.51. The largest absolute Gasteiger partial charge is 0.340 e. The Hall–Kier alpha value is -1.65. The van der Waals surface area contributed by atoms with Gasteiger partial charge in [-0.3, -0.25) is 4.79 Å². The molecule has 0 amide bonds. The summed E-state index contributed by atoms with van der Waals surface area (Å²) in [7, 11) is 0. The molecule has 1 aromatic carbocycles. The van der Waals surface area contributed by atoms with E-state index in [9.17, 15) is 4.79 Å². The Bertz CT molecular complexity index is 543. The van der Waals surface area contributed by atoms with Crippen molar-refractivity contribution in [3.63, 3.8) is 0 Å². The zero-order valence-corrected chi connectivity index (χ0v) is 10.0. The second kappa shape index (κ2) is 5.12. The third-order valence-corrected chi connectivity index (χ3v) is 2.44. The molecule has 0 spiro atoms. The maximum Gasteiger partial charge on any atom is 0.252 e. The zero-order valence-electron chi connectivity index (χ0n) is 8.52. The summed E-state index contributed by atoms with van der Waals surface area (Å²) >= 11 is 11.1. The van der Waals surface area contributed by atoms with Crippen LogP contribution in [0.15, 0.2) is 36.7 Å².